The minimum atomic E-state index is -0.265. The maximum Gasteiger partial charge on any atom is 0.265 e. The number of nitrogens with one attached hydrogen (secondary N) is 1. The summed E-state index contributed by atoms with van der Waals surface area (Å²) in [6.45, 7) is 0.392. The van der Waals surface area contributed by atoms with Gasteiger partial charge < -0.3 is 10.1 Å². The zero-order valence-electron chi connectivity index (χ0n) is 17.7. The Labute approximate surface area is 198 Å². The molecule has 1 N–H and O–H groups in total. The highest BCUT2D eigenvalue weighted by Gasteiger charge is 2.29. The van der Waals surface area contributed by atoms with E-state index in [1.807, 2.05) is 36.4 Å². The first kappa shape index (κ1) is 21.5. The molecule has 1 aliphatic heterocycles. The van der Waals surface area contributed by atoms with Crippen molar-refractivity contribution in [1.82, 2.24) is 24.6 Å². The van der Waals surface area contributed by atoms with Crippen molar-refractivity contribution in [3.8, 4) is 11.4 Å². The van der Waals surface area contributed by atoms with Crippen LogP contribution in [0.5, 0.6) is 5.75 Å². The number of halogens is 1. The molecular formula is C23H20ClN5O3S. The fourth-order valence-corrected chi connectivity index (χ4v) is 5.08. The molecule has 1 aliphatic rings. The Hall–Kier alpha value is -3.30. The number of carbonyl (C=O) groups is 1. The Kier molecular flexibility index (Phi) is 5.82. The minimum Gasteiger partial charge on any atom is -0.497 e. The van der Waals surface area contributed by atoms with Crippen LogP contribution in [-0.4, -0.2) is 38.1 Å². The number of benzene rings is 2. The van der Waals surface area contributed by atoms with Crippen molar-refractivity contribution in [3.05, 3.63) is 75.7 Å². The maximum absolute atomic E-state index is 13.3. The molecule has 0 saturated heterocycles. The van der Waals surface area contributed by atoms with Gasteiger partial charge in [-0.25, -0.2) is 9.67 Å². The van der Waals surface area contributed by atoms with Gasteiger partial charge in [-0.15, -0.1) is 0 Å². The van der Waals surface area contributed by atoms with E-state index in [0.29, 0.717) is 33.5 Å². The molecule has 2 aromatic carbocycles. The van der Waals surface area contributed by atoms with E-state index in [-0.39, 0.29) is 23.9 Å². The van der Waals surface area contributed by atoms with Gasteiger partial charge in [-0.3, -0.25) is 14.2 Å². The lowest BCUT2D eigenvalue weighted by atomic mass is 10.2. The number of aromatic nitrogens is 4. The third-order valence-electron chi connectivity index (χ3n) is 5.49. The number of amides is 1. The largest absolute Gasteiger partial charge is 0.497 e. The van der Waals surface area contributed by atoms with Crippen LogP contribution >= 0.6 is 23.4 Å². The van der Waals surface area contributed by atoms with Crippen LogP contribution in [0.1, 0.15) is 18.0 Å². The molecule has 5 rings (SSSR count). The Bertz CT molecular complexity index is 1400. The molecule has 168 valence electrons. The third kappa shape index (κ3) is 4.21. The van der Waals surface area contributed by atoms with E-state index >= 15 is 0 Å². The summed E-state index contributed by atoms with van der Waals surface area (Å²) in [5, 5.41) is 8.91. The molecule has 0 spiro atoms. The lowest BCUT2D eigenvalue weighted by Crippen LogP contribution is -2.30. The summed E-state index contributed by atoms with van der Waals surface area (Å²) >= 11 is 7.45. The van der Waals surface area contributed by atoms with E-state index < -0.39 is 0 Å². The fraction of sp³-hybridized carbons (Fsp3) is 0.217. The first-order valence-electron chi connectivity index (χ1n) is 10.3. The van der Waals surface area contributed by atoms with Crippen molar-refractivity contribution in [2.75, 3.05) is 12.9 Å². The second-order valence-electron chi connectivity index (χ2n) is 7.64. The molecule has 0 radical (unpaired) electrons. The number of fused-ring (bicyclic) bond motifs is 2. The van der Waals surface area contributed by atoms with Crippen molar-refractivity contribution in [2.24, 2.45) is 0 Å². The zero-order chi connectivity index (χ0) is 22.9. The number of nitrogens with zero attached hydrogens (tertiary/aromatic N) is 4. The molecule has 0 bridgehead atoms. The van der Waals surface area contributed by atoms with E-state index in [4.69, 9.17) is 21.3 Å². The van der Waals surface area contributed by atoms with Gasteiger partial charge in [0, 0.05) is 23.7 Å². The Morgan fingerprint density at radius 1 is 1.27 bits per heavy atom. The van der Waals surface area contributed by atoms with Gasteiger partial charge in [0.2, 0.25) is 5.91 Å². The summed E-state index contributed by atoms with van der Waals surface area (Å²) in [5.74, 6) is 1.22. The predicted octanol–water partition coefficient (Wildman–Crippen LogP) is 3.60. The van der Waals surface area contributed by atoms with Crippen LogP contribution in [0.4, 0.5) is 0 Å². The average molecular weight is 482 g/mol. The lowest BCUT2D eigenvalue weighted by Gasteiger charge is -2.14. The van der Waals surface area contributed by atoms with Gasteiger partial charge in [0.25, 0.3) is 5.56 Å². The second-order valence-corrected chi connectivity index (χ2v) is 9.06. The Balaban J connectivity index is 1.36. The van der Waals surface area contributed by atoms with Crippen LogP contribution in [0, 0.1) is 0 Å². The van der Waals surface area contributed by atoms with Crippen LogP contribution in [0.15, 0.2) is 64.7 Å². The van der Waals surface area contributed by atoms with E-state index in [2.05, 4.69) is 10.4 Å². The monoisotopic (exact) mass is 481 g/mol. The zero-order valence-corrected chi connectivity index (χ0v) is 19.3. The van der Waals surface area contributed by atoms with Crippen molar-refractivity contribution in [1.29, 1.82) is 0 Å². The van der Waals surface area contributed by atoms with Gasteiger partial charge in [-0.2, -0.15) is 5.10 Å². The van der Waals surface area contributed by atoms with E-state index in [1.54, 1.807) is 28.5 Å². The van der Waals surface area contributed by atoms with Crippen molar-refractivity contribution in [2.45, 2.75) is 24.2 Å². The van der Waals surface area contributed by atoms with Gasteiger partial charge in [0.1, 0.15) is 11.1 Å². The third-order valence-corrected chi connectivity index (χ3v) is 6.84. The molecule has 10 heteroatoms. The fourth-order valence-electron chi connectivity index (χ4n) is 3.82. The molecule has 4 aromatic rings. The number of methoxy groups -OCH3 is 1. The van der Waals surface area contributed by atoms with Crippen molar-refractivity contribution in [3.63, 3.8) is 0 Å². The van der Waals surface area contributed by atoms with Gasteiger partial charge in [0.05, 0.1) is 25.0 Å². The first-order valence-corrected chi connectivity index (χ1v) is 11.7. The van der Waals surface area contributed by atoms with Crippen molar-refractivity contribution >= 4 is 40.3 Å². The highest BCUT2D eigenvalue weighted by Crippen LogP contribution is 2.33. The van der Waals surface area contributed by atoms with Gasteiger partial charge in [-0.1, -0.05) is 35.5 Å². The summed E-state index contributed by atoms with van der Waals surface area (Å²) in [6, 6.07) is 14.4. The Morgan fingerprint density at radius 3 is 2.88 bits per heavy atom. The molecule has 2 aromatic heterocycles. The molecule has 1 atom stereocenters. The number of carbonyl (C=O) groups excluding carboxylic acids is 1. The molecule has 0 saturated carbocycles. The molecule has 1 amide bonds. The highest BCUT2D eigenvalue weighted by molar-refractivity contribution is 7.99. The topological polar surface area (TPSA) is 91.0 Å². The number of rotatable bonds is 6. The van der Waals surface area contributed by atoms with Crippen LogP contribution in [0.3, 0.4) is 0 Å². The summed E-state index contributed by atoms with van der Waals surface area (Å²) in [7, 11) is 1.61. The standard InChI is InChI=1S/C23H20ClN5O3S/c1-32-18-4-2-3-14(9-18)11-25-20(30)10-17-13-33-23-27-21-19(22(31)28(17)23)12-26-29(21)16-7-5-15(24)6-8-16/h2-9,12,17H,10-11,13H2,1H3,(H,25,30). The number of hydrogen-bond acceptors (Lipinski definition) is 6. The molecule has 1 unspecified atom stereocenters. The molecule has 8 nitrogen and oxygen atoms in total. The van der Waals surface area contributed by atoms with Crippen LogP contribution in [-0.2, 0) is 11.3 Å². The average Bonchev–Trinajstić information content (AvgIpc) is 3.43. The quantitative estimate of drug-likeness (QED) is 0.423. The second kappa shape index (κ2) is 8.92. The molecule has 0 fully saturated rings. The Morgan fingerprint density at radius 2 is 2.09 bits per heavy atom. The normalized spacial score (nSPS) is 14.9. The SMILES string of the molecule is COc1cccc(CNC(=O)CC2CSc3nc4c(cnn4-c4ccc(Cl)cc4)c(=O)n32)c1. The van der Waals surface area contributed by atoms with E-state index in [9.17, 15) is 9.59 Å². The smallest absolute Gasteiger partial charge is 0.265 e. The summed E-state index contributed by atoms with van der Waals surface area (Å²) in [6.07, 6.45) is 1.72. The van der Waals surface area contributed by atoms with E-state index in [1.165, 1.54) is 18.0 Å². The van der Waals surface area contributed by atoms with Gasteiger partial charge >= 0.3 is 0 Å². The maximum atomic E-state index is 13.3. The van der Waals surface area contributed by atoms with E-state index in [0.717, 1.165) is 17.0 Å². The summed E-state index contributed by atoms with van der Waals surface area (Å²) < 4.78 is 8.46. The van der Waals surface area contributed by atoms with Crippen LogP contribution in [0.2, 0.25) is 5.02 Å². The molecule has 3 heterocycles. The van der Waals surface area contributed by atoms with Crippen LogP contribution < -0.4 is 15.6 Å². The molecular weight excluding hydrogens is 462 g/mol. The summed E-state index contributed by atoms with van der Waals surface area (Å²) in [5.41, 5.74) is 2.01. The van der Waals surface area contributed by atoms with Gasteiger partial charge in [0.15, 0.2) is 10.8 Å². The van der Waals surface area contributed by atoms with Crippen molar-refractivity contribution < 1.29 is 9.53 Å². The van der Waals surface area contributed by atoms with Crippen LogP contribution in [0.25, 0.3) is 16.7 Å². The highest BCUT2D eigenvalue weighted by atomic mass is 35.5. The minimum absolute atomic E-state index is 0.125. The molecule has 0 aliphatic carbocycles. The predicted molar refractivity (Wildman–Crippen MR) is 127 cm³/mol. The number of ether oxygens (including phenoxy) is 1. The number of hydrogen-bond donors (Lipinski definition) is 1. The number of thioether (sulfide) groups is 1. The first-order chi connectivity index (χ1) is 16.0. The lowest BCUT2D eigenvalue weighted by molar-refractivity contribution is -0.121. The molecule has 33 heavy (non-hydrogen) atoms. The van der Waals surface area contributed by atoms with Gasteiger partial charge in [-0.05, 0) is 42.0 Å². The summed E-state index contributed by atoms with van der Waals surface area (Å²) in [4.78, 5) is 30.6.